The molecule has 0 spiro atoms. The SMILES string of the molecule is Cn1nccc1-c1cc(NC(=O)c2cccc(Br)c2)ccc1OCC(C)(C)N. The van der Waals surface area contributed by atoms with Gasteiger partial charge in [-0.1, -0.05) is 22.0 Å². The summed E-state index contributed by atoms with van der Waals surface area (Å²) in [5.41, 5.74) is 8.54. The van der Waals surface area contributed by atoms with Gasteiger partial charge in [-0.15, -0.1) is 0 Å². The molecule has 6 nitrogen and oxygen atoms in total. The van der Waals surface area contributed by atoms with Gasteiger partial charge in [0.25, 0.3) is 5.91 Å². The quantitative estimate of drug-likeness (QED) is 0.598. The molecule has 146 valence electrons. The Bertz CT molecular complexity index is 992. The summed E-state index contributed by atoms with van der Waals surface area (Å²) in [6.45, 7) is 4.17. The molecule has 3 N–H and O–H groups in total. The number of benzene rings is 2. The molecule has 0 atom stereocenters. The van der Waals surface area contributed by atoms with Crippen molar-refractivity contribution in [3.63, 3.8) is 0 Å². The monoisotopic (exact) mass is 442 g/mol. The molecule has 0 bridgehead atoms. The van der Waals surface area contributed by atoms with Crippen molar-refractivity contribution in [3.8, 4) is 17.0 Å². The molecule has 0 fully saturated rings. The van der Waals surface area contributed by atoms with E-state index in [1.807, 2.05) is 57.3 Å². The average Bonchev–Trinajstić information content (AvgIpc) is 3.05. The van der Waals surface area contributed by atoms with Crippen molar-refractivity contribution < 1.29 is 9.53 Å². The number of nitrogens with zero attached hydrogens (tertiary/aromatic N) is 2. The van der Waals surface area contributed by atoms with Crippen molar-refractivity contribution >= 4 is 27.5 Å². The maximum Gasteiger partial charge on any atom is 0.255 e. The second kappa shape index (κ2) is 8.16. The van der Waals surface area contributed by atoms with E-state index in [1.54, 1.807) is 23.0 Å². The minimum absolute atomic E-state index is 0.186. The molecule has 1 heterocycles. The first kappa shape index (κ1) is 20.1. The molecular weight excluding hydrogens is 420 g/mol. The first-order valence-corrected chi connectivity index (χ1v) is 9.63. The van der Waals surface area contributed by atoms with Gasteiger partial charge in [0, 0.05) is 40.1 Å². The predicted molar refractivity (Wildman–Crippen MR) is 115 cm³/mol. The minimum Gasteiger partial charge on any atom is -0.491 e. The summed E-state index contributed by atoms with van der Waals surface area (Å²) in [5.74, 6) is 0.497. The molecule has 1 aromatic heterocycles. The van der Waals surface area contributed by atoms with Gasteiger partial charge < -0.3 is 15.8 Å². The van der Waals surface area contributed by atoms with E-state index in [-0.39, 0.29) is 5.91 Å². The van der Waals surface area contributed by atoms with E-state index in [2.05, 4.69) is 26.3 Å². The molecule has 0 unspecified atom stereocenters. The Morgan fingerprint density at radius 1 is 1.25 bits per heavy atom. The summed E-state index contributed by atoms with van der Waals surface area (Å²) < 4.78 is 8.57. The molecule has 0 saturated carbocycles. The summed E-state index contributed by atoms with van der Waals surface area (Å²) in [5, 5.41) is 7.17. The van der Waals surface area contributed by atoms with Gasteiger partial charge in [0.15, 0.2) is 0 Å². The van der Waals surface area contributed by atoms with Crippen LogP contribution in [0, 0.1) is 0 Å². The first-order valence-electron chi connectivity index (χ1n) is 8.84. The summed E-state index contributed by atoms with van der Waals surface area (Å²) in [4.78, 5) is 12.6. The highest BCUT2D eigenvalue weighted by Gasteiger charge is 2.17. The van der Waals surface area contributed by atoms with Crippen LogP contribution in [0.5, 0.6) is 5.75 Å². The van der Waals surface area contributed by atoms with Gasteiger partial charge in [-0.3, -0.25) is 9.48 Å². The fourth-order valence-electron chi connectivity index (χ4n) is 2.67. The van der Waals surface area contributed by atoms with Gasteiger partial charge in [0.1, 0.15) is 12.4 Å². The van der Waals surface area contributed by atoms with Crippen LogP contribution in [-0.2, 0) is 7.05 Å². The number of carbonyl (C=O) groups excluding carboxylic acids is 1. The fourth-order valence-corrected chi connectivity index (χ4v) is 3.07. The third-order valence-corrected chi connectivity index (χ3v) is 4.51. The number of carbonyl (C=O) groups is 1. The van der Waals surface area contributed by atoms with E-state index in [1.165, 1.54) is 0 Å². The number of amides is 1. The number of ether oxygens (including phenoxy) is 1. The van der Waals surface area contributed by atoms with Gasteiger partial charge >= 0.3 is 0 Å². The topological polar surface area (TPSA) is 82.2 Å². The average molecular weight is 443 g/mol. The van der Waals surface area contributed by atoms with Crippen LogP contribution in [0.2, 0.25) is 0 Å². The molecule has 3 aromatic rings. The molecule has 1 amide bonds. The molecule has 0 aliphatic carbocycles. The van der Waals surface area contributed by atoms with E-state index in [0.717, 1.165) is 15.7 Å². The standard InChI is InChI=1S/C21H23BrN4O2/c1-21(2,23)13-28-19-8-7-16(12-17(19)18-9-10-24-26(18)3)25-20(27)14-5-4-6-15(22)11-14/h4-12H,13,23H2,1-3H3,(H,25,27). The molecular formula is C21H23BrN4O2. The van der Waals surface area contributed by atoms with Crippen molar-refractivity contribution in [2.24, 2.45) is 12.8 Å². The van der Waals surface area contributed by atoms with Gasteiger partial charge in [0.05, 0.1) is 5.69 Å². The molecule has 7 heteroatoms. The van der Waals surface area contributed by atoms with Gasteiger partial charge in [0.2, 0.25) is 0 Å². The predicted octanol–water partition coefficient (Wildman–Crippen LogP) is 4.22. The molecule has 3 rings (SSSR count). The lowest BCUT2D eigenvalue weighted by molar-refractivity contribution is 0.102. The number of hydrogen-bond donors (Lipinski definition) is 2. The smallest absolute Gasteiger partial charge is 0.255 e. The molecule has 0 radical (unpaired) electrons. The Morgan fingerprint density at radius 2 is 2.04 bits per heavy atom. The lowest BCUT2D eigenvalue weighted by Gasteiger charge is -2.21. The third-order valence-electron chi connectivity index (χ3n) is 4.02. The van der Waals surface area contributed by atoms with Crippen molar-refractivity contribution in [2.75, 3.05) is 11.9 Å². The van der Waals surface area contributed by atoms with Crippen LogP contribution >= 0.6 is 15.9 Å². The van der Waals surface area contributed by atoms with Crippen molar-refractivity contribution in [2.45, 2.75) is 19.4 Å². The summed E-state index contributed by atoms with van der Waals surface area (Å²) >= 11 is 3.39. The van der Waals surface area contributed by atoms with Crippen LogP contribution in [0.15, 0.2) is 59.2 Å². The number of aryl methyl sites for hydroxylation is 1. The zero-order valence-corrected chi connectivity index (χ0v) is 17.7. The Labute approximate surface area is 172 Å². The van der Waals surface area contributed by atoms with E-state index in [9.17, 15) is 4.79 Å². The highest BCUT2D eigenvalue weighted by atomic mass is 79.9. The Morgan fingerprint density at radius 3 is 2.68 bits per heavy atom. The maximum atomic E-state index is 12.6. The Balaban J connectivity index is 1.91. The zero-order chi connectivity index (χ0) is 20.3. The zero-order valence-electron chi connectivity index (χ0n) is 16.1. The number of anilines is 1. The number of halogens is 1. The number of hydrogen-bond acceptors (Lipinski definition) is 4. The van der Waals surface area contributed by atoms with Crippen LogP contribution in [0.1, 0.15) is 24.2 Å². The second-order valence-electron chi connectivity index (χ2n) is 7.29. The summed E-state index contributed by atoms with van der Waals surface area (Å²) in [6, 6.07) is 14.7. The molecule has 0 saturated heterocycles. The van der Waals surface area contributed by atoms with E-state index < -0.39 is 5.54 Å². The van der Waals surface area contributed by atoms with Crippen LogP contribution in [0.4, 0.5) is 5.69 Å². The minimum atomic E-state index is -0.461. The Kier molecular flexibility index (Phi) is 5.86. The van der Waals surface area contributed by atoms with Crippen LogP contribution < -0.4 is 15.8 Å². The maximum absolute atomic E-state index is 12.6. The van der Waals surface area contributed by atoms with Crippen LogP contribution in [0.25, 0.3) is 11.3 Å². The Hall–Kier alpha value is -2.64. The highest BCUT2D eigenvalue weighted by molar-refractivity contribution is 9.10. The second-order valence-corrected chi connectivity index (χ2v) is 8.21. The molecule has 0 aliphatic heterocycles. The van der Waals surface area contributed by atoms with Gasteiger partial charge in [-0.25, -0.2) is 0 Å². The van der Waals surface area contributed by atoms with E-state index in [4.69, 9.17) is 10.5 Å². The van der Waals surface area contributed by atoms with Crippen molar-refractivity contribution in [1.82, 2.24) is 9.78 Å². The number of nitrogens with two attached hydrogens (primary N) is 1. The largest absolute Gasteiger partial charge is 0.491 e. The van der Waals surface area contributed by atoms with Crippen LogP contribution in [-0.4, -0.2) is 27.8 Å². The third kappa shape index (κ3) is 4.99. The lowest BCUT2D eigenvalue weighted by Crippen LogP contribution is -2.38. The highest BCUT2D eigenvalue weighted by Crippen LogP contribution is 2.33. The normalized spacial score (nSPS) is 11.3. The number of aromatic nitrogens is 2. The first-order chi connectivity index (χ1) is 13.2. The molecule has 0 aliphatic rings. The molecule has 2 aromatic carbocycles. The van der Waals surface area contributed by atoms with Crippen molar-refractivity contribution in [1.29, 1.82) is 0 Å². The van der Waals surface area contributed by atoms with E-state index >= 15 is 0 Å². The summed E-state index contributed by atoms with van der Waals surface area (Å²) in [6.07, 6.45) is 1.72. The van der Waals surface area contributed by atoms with Gasteiger partial charge in [-0.05, 0) is 56.3 Å². The fraction of sp³-hybridized carbons (Fsp3) is 0.238. The molecule has 28 heavy (non-hydrogen) atoms. The lowest BCUT2D eigenvalue weighted by atomic mass is 10.1. The number of nitrogens with one attached hydrogen (secondary N) is 1. The van der Waals surface area contributed by atoms with E-state index in [0.29, 0.717) is 23.6 Å². The van der Waals surface area contributed by atoms with Crippen LogP contribution in [0.3, 0.4) is 0 Å². The summed E-state index contributed by atoms with van der Waals surface area (Å²) in [7, 11) is 1.86. The number of rotatable bonds is 6. The van der Waals surface area contributed by atoms with Crippen molar-refractivity contribution in [3.05, 3.63) is 64.8 Å². The van der Waals surface area contributed by atoms with Gasteiger partial charge in [-0.2, -0.15) is 5.10 Å².